The van der Waals surface area contributed by atoms with Gasteiger partial charge in [0, 0.05) is 58.9 Å². The van der Waals surface area contributed by atoms with Crippen molar-refractivity contribution in [2.45, 2.75) is 38.1 Å². The van der Waals surface area contributed by atoms with E-state index in [2.05, 4.69) is 38.3 Å². The van der Waals surface area contributed by atoms with Gasteiger partial charge in [0.05, 0.1) is 6.20 Å². The van der Waals surface area contributed by atoms with Gasteiger partial charge >= 0.3 is 0 Å². The van der Waals surface area contributed by atoms with Crippen LogP contribution in [0.4, 0.5) is 0 Å². The Labute approximate surface area is 168 Å². The van der Waals surface area contributed by atoms with Gasteiger partial charge in [0.1, 0.15) is 6.54 Å². The van der Waals surface area contributed by atoms with E-state index in [1.54, 1.807) is 19.0 Å². The standard InChI is InChI=1S/C20H35N7O/c1-5-26-9-6-7-18(26)12-21-20(22-13-19(28)24(2)3)27-10-8-16(15-27)17-11-23-25(4)14-17/h11,14,16,18H,5-10,12-13,15H2,1-4H3,(H,21,22). The summed E-state index contributed by atoms with van der Waals surface area (Å²) in [6, 6.07) is 0.552. The summed E-state index contributed by atoms with van der Waals surface area (Å²) in [5, 5.41) is 7.90. The van der Waals surface area contributed by atoms with Gasteiger partial charge in [-0.25, -0.2) is 4.99 Å². The summed E-state index contributed by atoms with van der Waals surface area (Å²) >= 11 is 0. The fraction of sp³-hybridized carbons (Fsp3) is 0.750. The molecular weight excluding hydrogens is 354 g/mol. The minimum absolute atomic E-state index is 0.0263. The smallest absolute Gasteiger partial charge is 0.243 e. The van der Waals surface area contributed by atoms with Crippen molar-refractivity contribution in [3.05, 3.63) is 18.0 Å². The van der Waals surface area contributed by atoms with E-state index >= 15 is 0 Å². The van der Waals surface area contributed by atoms with Crippen molar-refractivity contribution in [3.63, 3.8) is 0 Å². The minimum atomic E-state index is 0.0263. The van der Waals surface area contributed by atoms with Crippen LogP contribution < -0.4 is 5.32 Å². The van der Waals surface area contributed by atoms with Crippen LogP contribution in [0.1, 0.15) is 37.7 Å². The maximum atomic E-state index is 12.1. The molecule has 1 aromatic rings. The first-order valence-electron chi connectivity index (χ1n) is 10.4. The molecule has 0 bridgehead atoms. The van der Waals surface area contributed by atoms with Gasteiger partial charge in [-0.1, -0.05) is 6.92 Å². The molecule has 1 amide bonds. The molecule has 2 aliphatic heterocycles. The fourth-order valence-corrected chi connectivity index (χ4v) is 4.18. The van der Waals surface area contributed by atoms with Gasteiger partial charge in [0.15, 0.2) is 5.96 Å². The van der Waals surface area contributed by atoms with Crippen LogP contribution in [0.15, 0.2) is 17.4 Å². The molecule has 8 heteroatoms. The molecule has 3 heterocycles. The van der Waals surface area contributed by atoms with Crippen LogP contribution in [0.3, 0.4) is 0 Å². The van der Waals surface area contributed by atoms with Crippen molar-refractivity contribution in [2.75, 3.05) is 53.4 Å². The molecule has 0 spiro atoms. The molecule has 2 aliphatic rings. The molecule has 2 fully saturated rings. The summed E-state index contributed by atoms with van der Waals surface area (Å²) in [6.45, 7) is 7.43. The van der Waals surface area contributed by atoms with E-state index in [-0.39, 0.29) is 12.5 Å². The number of guanidine groups is 1. The number of nitrogens with one attached hydrogen (secondary N) is 1. The Kier molecular flexibility index (Phi) is 6.93. The van der Waals surface area contributed by atoms with Crippen LogP contribution in [0.25, 0.3) is 0 Å². The molecular formula is C20H35N7O. The Balaban J connectivity index is 1.65. The highest BCUT2D eigenvalue weighted by Crippen LogP contribution is 2.26. The van der Waals surface area contributed by atoms with Gasteiger partial charge in [0.25, 0.3) is 0 Å². The SMILES string of the molecule is CCN1CCCC1CNC(=NCC(=O)N(C)C)N1CCC(c2cnn(C)c2)C1. The van der Waals surface area contributed by atoms with Gasteiger partial charge in [-0.2, -0.15) is 5.10 Å². The van der Waals surface area contributed by atoms with Gasteiger partial charge in [-0.05, 0) is 37.9 Å². The number of aromatic nitrogens is 2. The number of rotatable bonds is 6. The lowest BCUT2D eigenvalue weighted by atomic mass is 10.0. The summed E-state index contributed by atoms with van der Waals surface area (Å²) in [5.41, 5.74) is 1.28. The third-order valence-electron chi connectivity index (χ3n) is 5.95. The molecule has 8 nitrogen and oxygen atoms in total. The van der Waals surface area contributed by atoms with Crippen molar-refractivity contribution < 1.29 is 4.79 Å². The quantitative estimate of drug-likeness (QED) is 0.574. The number of likely N-dealkylation sites (tertiary alicyclic amines) is 2. The largest absolute Gasteiger partial charge is 0.355 e. The lowest BCUT2D eigenvalue weighted by molar-refractivity contribution is -0.127. The Morgan fingerprint density at radius 3 is 2.86 bits per heavy atom. The molecule has 0 radical (unpaired) electrons. The van der Waals surface area contributed by atoms with Gasteiger partial charge < -0.3 is 15.1 Å². The first-order valence-corrected chi connectivity index (χ1v) is 10.4. The highest BCUT2D eigenvalue weighted by atomic mass is 16.2. The number of aliphatic imine (C=N–C) groups is 1. The number of hydrogen-bond acceptors (Lipinski definition) is 4. The maximum Gasteiger partial charge on any atom is 0.243 e. The average Bonchev–Trinajstić information content (AvgIpc) is 3.41. The van der Waals surface area contributed by atoms with Crippen LogP contribution in [0.5, 0.6) is 0 Å². The number of likely N-dealkylation sites (N-methyl/N-ethyl adjacent to an activating group) is 2. The summed E-state index contributed by atoms with van der Waals surface area (Å²) in [6.07, 6.45) is 7.64. The van der Waals surface area contributed by atoms with E-state index in [1.165, 1.54) is 24.9 Å². The Morgan fingerprint density at radius 1 is 1.36 bits per heavy atom. The Morgan fingerprint density at radius 2 is 2.18 bits per heavy atom. The number of hydrogen-bond donors (Lipinski definition) is 1. The second-order valence-electron chi connectivity index (χ2n) is 8.11. The molecule has 0 aliphatic carbocycles. The topological polar surface area (TPSA) is 69.0 Å². The minimum Gasteiger partial charge on any atom is -0.355 e. The zero-order valence-electron chi connectivity index (χ0n) is 17.8. The number of amides is 1. The van der Waals surface area contributed by atoms with Crippen molar-refractivity contribution in [1.82, 2.24) is 29.8 Å². The predicted octanol–water partition coefficient (Wildman–Crippen LogP) is 0.728. The Bertz CT molecular complexity index is 684. The average molecular weight is 390 g/mol. The zero-order valence-corrected chi connectivity index (χ0v) is 17.8. The highest BCUT2D eigenvalue weighted by Gasteiger charge is 2.29. The van der Waals surface area contributed by atoms with Crippen molar-refractivity contribution in [2.24, 2.45) is 12.0 Å². The molecule has 0 saturated carbocycles. The third kappa shape index (κ3) is 5.04. The van der Waals surface area contributed by atoms with E-state index in [9.17, 15) is 4.79 Å². The molecule has 2 atom stereocenters. The van der Waals surface area contributed by atoms with Gasteiger partial charge in [0.2, 0.25) is 5.91 Å². The number of carbonyl (C=O) groups excluding carboxylic acids is 1. The normalized spacial score (nSPS) is 23.4. The second kappa shape index (κ2) is 9.41. The monoisotopic (exact) mass is 389 g/mol. The second-order valence-corrected chi connectivity index (χ2v) is 8.11. The number of carbonyl (C=O) groups is 1. The van der Waals surface area contributed by atoms with Crippen LogP contribution in [-0.2, 0) is 11.8 Å². The summed E-state index contributed by atoms with van der Waals surface area (Å²) in [7, 11) is 5.51. The molecule has 156 valence electrons. The molecule has 1 aromatic heterocycles. The number of aryl methyl sites for hydroxylation is 1. The van der Waals surface area contributed by atoms with Gasteiger partial charge in [-0.3, -0.25) is 14.4 Å². The number of nitrogens with zero attached hydrogens (tertiary/aromatic N) is 6. The molecule has 2 saturated heterocycles. The lowest BCUT2D eigenvalue weighted by Gasteiger charge is -2.27. The summed E-state index contributed by atoms with van der Waals surface area (Å²) < 4.78 is 1.86. The van der Waals surface area contributed by atoms with E-state index in [1.807, 2.05) is 17.9 Å². The first kappa shape index (κ1) is 20.6. The molecule has 28 heavy (non-hydrogen) atoms. The van der Waals surface area contributed by atoms with E-state index in [4.69, 9.17) is 0 Å². The Hall–Kier alpha value is -2.09. The third-order valence-corrected chi connectivity index (χ3v) is 5.95. The maximum absolute atomic E-state index is 12.1. The van der Waals surface area contributed by atoms with Crippen LogP contribution in [0.2, 0.25) is 0 Å². The van der Waals surface area contributed by atoms with E-state index in [0.717, 1.165) is 38.6 Å². The van der Waals surface area contributed by atoms with E-state index in [0.29, 0.717) is 12.0 Å². The molecule has 3 rings (SSSR count). The summed E-state index contributed by atoms with van der Waals surface area (Å²) in [5.74, 6) is 1.35. The first-order chi connectivity index (χ1) is 13.5. The zero-order chi connectivity index (χ0) is 20.1. The van der Waals surface area contributed by atoms with E-state index < -0.39 is 0 Å². The van der Waals surface area contributed by atoms with Gasteiger partial charge in [-0.15, -0.1) is 0 Å². The van der Waals surface area contributed by atoms with Crippen LogP contribution in [0, 0.1) is 0 Å². The van der Waals surface area contributed by atoms with Crippen molar-refractivity contribution in [3.8, 4) is 0 Å². The molecule has 1 N–H and O–H groups in total. The fourth-order valence-electron chi connectivity index (χ4n) is 4.18. The summed E-state index contributed by atoms with van der Waals surface area (Å²) in [4.78, 5) is 23.2. The van der Waals surface area contributed by atoms with Crippen molar-refractivity contribution in [1.29, 1.82) is 0 Å². The molecule has 0 aromatic carbocycles. The highest BCUT2D eigenvalue weighted by molar-refractivity contribution is 5.85. The van der Waals surface area contributed by atoms with Crippen LogP contribution >= 0.6 is 0 Å². The molecule has 2 unspecified atom stereocenters. The predicted molar refractivity (Wildman–Crippen MR) is 111 cm³/mol. The van der Waals surface area contributed by atoms with Crippen molar-refractivity contribution >= 4 is 11.9 Å². The lowest BCUT2D eigenvalue weighted by Crippen LogP contribution is -2.46. The van der Waals surface area contributed by atoms with Crippen LogP contribution in [-0.4, -0.2) is 95.8 Å².